The molecule has 16 heavy (non-hydrogen) atoms. The van der Waals surface area contributed by atoms with Crippen LogP contribution in [0.2, 0.25) is 0 Å². The fourth-order valence-electron chi connectivity index (χ4n) is 2.74. The third kappa shape index (κ3) is 2.78. The molecule has 1 atom stereocenters. The maximum Gasteiger partial charge on any atom is 0.0340 e. The average Bonchev–Trinajstić information content (AvgIpc) is 2.28. The van der Waals surface area contributed by atoms with Gasteiger partial charge in [-0.2, -0.15) is 0 Å². The summed E-state index contributed by atoms with van der Waals surface area (Å²) >= 11 is 0. The van der Waals surface area contributed by atoms with E-state index >= 15 is 0 Å². The van der Waals surface area contributed by atoms with E-state index in [4.69, 9.17) is 0 Å². The van der Waals surface area contributed by atoms with Crippen LogP contribution in [0.25, 0.3) is 0 Å². The summed E-state index contributed by atoms with van der Waals surface area (Å²) in [6.45, 7) is 5.96. The van der Waals surface area contributed by atoms with Crippen molar-refractivity contribution < 1.29 is 0 Å². The lowest BCUT2D eigenvalue weighted by atomic mass is 9.69. The Morgan fingerprint density at radius 1 is 1.19 bits per heavy atom. The second kappa shape index (κ2) is 4.90. The van der Waals surface area contributed by atoms with Crippen LogP contribution in [0, 0.1) is 11.3 Å². The largest absolute Gasteiger partial charge is 0.385 e. The van der Waals surface area contributed by atoms with Crippen molar-refractivity contribution in [2.24, 2.45) is 11.3 Å². The normalized spacial score (nSPS) is 24.0. The number of para-hydroxylation sites is 1. The van der Waals surface area contributed by atoms with Gasteiger partial charge in [0, 0.05) is 12.2 Å². The molecule has 88 valence electrons. The van der Waals surface area contributed by atoms with Crippen molar-refractivity contribution >= 4 is 5.69 Å². The second-order valence-electron chi connectivity index (χ2n) is 5.68. The first kappa shape index (κ1) is 11.5. The monoisotopic (exact) mass is 217 g/mol. The fraction of sp³-hybridized carbons (Fsp3) is 0.600. The number of benzene rings is 1. The van der Waals surface area contributed by atoms with Gasteiger partial charge in [0.2, 0.25) is 0 Å². The van der Waals surface area contributed by atoms with Gasteiger partial charge in [0.15, 0.2) is 0 Å². The molecule has 0 bridgehead atoms. The van der Waals surface area contributed by atoms with Gasteiger partial charge in [-0.3, -0.25) is 0 Å². The maximum absolute atomic E-state index is 3.57. The molecule has 2 rings (SSSR count). The Hall–Kier alpha value is -0.980. The molecule has 1 heteroatoms. The van der Waals surface area contributed by atoms with E-state index in [1.807, 2.05) is 0 Å². The van der Waals surface area contributed by atoms with Crippen LogP contribution in [0.4, 0.5) is 5.69 Å². The highest BCUT2D eigenvalue weighted by Gasteiger charge is 2.31. The van der Waals surface area contributed by atoms with Gasteiger partial charge in [-0.1, -0.05) is 44.9 Å². The molecule has 0 spiro atoms. The van der Waals surface area contributed by atoms with Crippen molar-refractivity contribution in [1.29, 1.82) is 0 Å². The molecule has 1 aromatic carbocycles. The zero-order valence-corrected chi connectivity index (χ0v) is 10.5. The summed E-state index contributed by atoms with van der Waals surface area (Å²) in [7, 11) is 0. The van der Waals surface area contributed by atoms with E-state index in [1.54, 1.807) is 0 Å². The lowest BCUT2D eigenvalue weighted by Gasteiger charge is -2.39. The molecule has 0 amide bonds. The summed E-state index contributed by atoms with van der Waals surface area (Å²) in [5, 5.41) is 3.57. The highest BCUT2D eigenvalue weighted by molar-refractivity contribution is 5.42. The molecule has 0 radical (unpaired) electrons. The van der Waals surface area contributed by atoms with Crippen LogP contribution in [0.15, 0.2) is 30.3 Å². The topological polar surface area (TPSA) is 12.0 Å². The predicted molar refractivity (Wildman–Crippen MR) is 70.7 cm³/mol. The van der Waals surface area contributed by atoms with E-state index in [2.05, 4.69) is 49.5 Å². The molecule has 1 aliphatic rings. The first-order chi connectivity index (χ1) is 7.68. The van der Waals surface area contributed by atoms with Crippen LogP contribution in [0.5, 0.6) is 0 Å². The molecule has 1 nitrogen and oxygen atoms in total. The Morgan fingerprint density at radius 2 is 1.94 bits per heavy atom. The number of anilines is 1. The number of nitrogens with one attached hydrogen (secondary N) is 1. The van der Waals surface area contributed by atoms with Crippen LogP contribution in [0.1, 0.15) is 39.5 Å². The lowest BCUT2D eigenvalue weighted by molar-refractivity contribution is 0.148. The predicted octanol–water partition coefficient (Wildman–Crippen LogP) is 4.31. The van der Waals surface area contributed by atoms with Crippen LogP contribution < -0.4 is 5.32 Å². The molecule has 0 heterocycles. The molecular weight excluding hydrogens is 194 g/mol. The van der Waals surface area contributed by atoms with E-state index in [-0.39, 0.29) is 0 Å². The Kier molecular flexibility index (Phi) is 3.52. The zero-order valence-electron chi connectivity index (χ0n) is 10.5. The summed E-state index contributed by atoms with van der Waals surface area (Å²) in [6, 6.07) is 10.5. The van der Waals surface area contributed by atoms with Crippen molar-refractivity contribution in [3.63, 3.8) is 0 Å². The standard InChI is InChI=1S/C15H23N/c1-15(2)11-7-6-8-13(15)12-16-14-9-4-3-5-10-14/h3-5,9-10,13,16H,6-8,11-12H2,1-2H3. The van der Waals surface area contributed by atoms with Gasteiger partial charge >= 0.3 is 0 Å². The van der Waals surface area contributed by atoms with Gasteiger partial charge in [-0.05, 0) is 36.3 Å². The minimum atomic E-state index is 0.514. The Balaban J connectivity index is 1.90. The molecular formula is C15H23N. The Labute approximate surface area is 99.3 Å². The van der Waals surface area contributed by atoms with Crippen LogP contribution in [0.3, 0.4) is 0 Å². The van der Waals surface area contributed by atoms with Gasteiger partial charge in [0.05, 0.1) is 0 Å². The minimum absolute atomic E-state index is 0.514. The van der Waals surface area contributed by atoms with Crippen LogP contribution in [-0.4, -0.2) is 6.54 Å². The summed E-state index contributed by atoms with van der Waals surface area (Å²) < 4.78 is 0. The molecule has 1 N–H and O–H groups in total. The van der Waals surface area contributed by atoms with Crippen molar-refractivity contribution in [3.8, 4) is 0 Å². The van der Waals surface area contributed by atoms with E-state index in [9.17, 15) is 0 Å². The summed E-state index contributed by atoms with van der Waals surface area (Å²) in [5.74, 6) is 0.821. The minimum Gasteiger partial charge on any atom is -0.385 e. The number of rotatable bonds is 3. The number of hydrogen-bond acceptors (Lipinski definition) is 1. The molecule has 1 saturated carbocycles. The van der Waals surface area contributed by atoms with Gasteiger partial charge in [0.1, 0.15) is 0 Å². The first-order valence-corrected chi connectivity index (χ1v) is 6.47. The maximum atomic E-state index is 3.57. The van der Waals surface area contributed by atoms with Crippen molar-refractivity contribution in [3.05, 3.63) is 30.3 Å². The molecule has 1 aliphatic carbocycles. The summed E-state index contributed by atoms with van der Waals surface area (Å²) in [4.78, 5) is 0. The summed E-state index contributed by atoms with van der Waals surface area (Å²) in [5.41, 5.74) is 1.77. The smallest absolute Gasteiger partial charge is 0.0340 e. The van der Waals surface area contributed by atoms with E-state index in [0.717, 1.165) is 12.5 Å². The number of hydrogen-bond donors (Lipinski definition) is 1. The van der Waals surface area contributed by atoms with E-state index < -0.39 is 0 Å². The quantitative estimate of drug-likeness (QED) is 0.795. The lowest BCUT2D eigenvalue weighted by Crippen LogP contribution is -2.33. The van der Waals surface area contributed by atoms with E-state index in [1.165, 1.54) is 31.4 Å². The fourth-order valence-corrected chi connectivity index (χ4v) is 2.74. The highest BCUT2D eigenvalue weighted by Crippen LogP contribution is 2.40. The van der Waals surface area contributed by atoms with Crippen LogP contribution in [-0.2, 0) is 0 Å². The van der Waals surface area contributed by atoms with Gasteiger partial charge in [0.25, 0.3) is 0 Å². The van der Waals surface area contributed by atoms with Gasteiger partial charge < -0.3 is 5.32 Å². The molecule has 0 aromatic heterocycles. The average molecular weight is 217 g/mol. The second-order valence-corrected chi connectivity index (χ2v) is 5.68. The molecule has 1 unspecified atom stereocenters. The molecule has 1 fully saturated rings. The SMILES string of the molecule is CC1(C)CCCCC1CNc1ccccc1. The van der Waals surface area contributed by atoms with Crippen molar-refractivity contribution in [2.75, 3.05) is 11.9 Å². The van der Waals surface area contributed by atoms with Crippen molar-refractivity contribution in [2.45, 2.75) is 39.5 Å². The van der Waals surface area contributed by atoms with Gasteiger partial charge in [-0.15, -0.1) is 0 Å². The third-order valence-corrected chi connectivity index (χ3v) is 4.06. The summed E-state index contributed by atoms with van der Waals surface area (Å²) in [6.07, 6.45) is 5.58. The highest BCUT2D eigenvalue weighted by atomic mass is 14.9. The van der Waals surface area contributed by atoms with E-state index in [0.29, 0.717) is 5.41 Å². The zero-order chi connectivity index (χ0) is 11.4. The Morgan fingerprint density at radius 3 is 2.62 bits per heavy atom. The Bertz CT molecular complexity index is 315. The molecule has 0 saturated heterocycles. The van der Waals surface area contributed by atoms with Gasteiger partial charge in [-0.25, -0.2) is 0 Å². The molecule has 0 aliphatic heterocycles. The first-order valence-electron chi connectivity index (χ1n) is 6.47. The van der Waals surface area contributed by atoms with Crippen LogP contribution >= 0.6 is 0 Å². The van der Waals surface area contributed by atoms with Crippen molar-refractivity contribution in [1.82, 2.24) is 0 Å². The molecule has 1 aromatic rings. The third-order valence-electron chi connectivity index (χ3n) is 4.06.